The monoisotopic (exact) mass is 225 g/mol. The van der Waals surface area contributed by atoms with Crippen molar-refractivity contribution < 1.29 is 18.7 Å². The molecule has 1 N–H and O–H groups in total. The molecule has 1 aromatic rings. The van der Waals surface area contributed by atoms with Gasteiger partial charge in [0.2, 0.25) is 0 Å². The van der Waals surface area contributed by atoms with Crippen molar-refractivity contribution in [3.8, 4) is 5.75 Å². The lowest BCUT2D eigenvalue weighted by Gasteiger charge is -2.11. The molecule has 1 saturated heterocycles. The van der Waals surface area contributed by atoms with Gasteiger partial charge in [0.25, 0.3) is 0 Å². The number of nitrogens with one attached hydrogen (secondary N) is 1. The second kappa shape index (κ2) is 4.38. The molecule has 1 fully saturated rings. The number of amides is 1. The van der Waals surface area contributed by atoms with Crippen LogP contribution in [0.25, 0.3) is 0 Å². The molecule has 1 aliphatic heterocycles. The minimum atomic E-state index is -0.460. The van der Waals surface area contributed by atoms with E-state index in [0.717, 1.165) is 0 Å². The largest absolute Gasteiger partial charge is 0.487 e. The maximum Gasteiger partial charge on any atom is 0.407 e. The van der Waals surface area contributed by atoms with Crippen LogP contribution in [0, 0.1) is 12.7 Å². The van der Waals surface area contributed by atoms with Gasteiger partial charge in [-0.25, -0.2) is 9.18 Å². The standard InChI is InChI=1S/C11H12FNO3/c1-7-3-2-4-9(10(7)12)15-6-8-5-13-11(14)16-8/h2-4,8H,5-6H2,1H3,(H,13,14). The molecule has 0 radical (unpaired) electrons. The Hall–Kier alpha value is -1.78. The SMILES string of the molecule is Cc1cccc(OCC2CNC(=O)O2)c1F. The summed E-state index contributed by atoms with van der Waals surface area (Å²) < 4.78 is 23.6. The van der Waals surface area contributed by atoms with Crippen LogP contribution < -0.4 is 10.1 Å². The van der Waals surface area contributed by atoms with Gasteiger partial charge in [-0.15, -0.1) is 0 Å². The molecular weight excluding hydrogens is 213 g/mol. The quantitative estimate of drug-likeness (QED) is 0.850. The Morgan fingerprint density at radius 3 is 3.12 bits per heavy atom. The summed E-state index contributed by atoms with van der Waals surface area (Å²) in [6, 6.07) is 4.93. The molecule has 0 aromatic heterocycles. The highest BCUT2D eigenvalue weighted by Gasteiger charge is 2.23. The van der Waals surface area contributed by atoms with E-state index in [4.69, 9.17) is 9.47 Å². The minimum Gasteiger partial charge on any atom is -0.487 e. The first kappa shape index (κ1) is 10.7. The van der Waals surface area contributed by atoms with E-state index in [-0.39, 0.29) is 24.3 Å². The molecule has 1 aliphatic rings. The summed E-state index contributed by atoms with van der Waals surface area (Å²) in [7, 11) is 0. The second-order valence-corrected chi connectivity index (χ2v) is 3.61. The van der Waals surface area contributed by atoms with Gasteiger partial charge in [0.1, 0.15) is 6.61 Å². The fourth-order valence-electron chi connectivity index (χ4n) is 1.44. The van der Waals surface area contributed by atoms with Crippen LogP contribution in [0.1, 0.15) is 5.56 Å². The molecule has 2 rings (SSSR count). The lowest BCUT2D eigenvalue weighted by atomic mass is 10.2. The van der Waals surface area contributed by atoms with Crippen LogP contribution in [0.15, 0.2) is 18.2 Å². The molecule has 1 aromatic carbocycles. The molecule has 86 valence electrons. The van der Waals surface area contributed by atoms with Gasteiger partial charge in [-0.2, -0.15) is 0 Å². The zero-order valence-corrected chi connectivity index (χ0v) is 8.83. The van der Waals surface area contributed by atoms with E-state index >= 15 is 0 Å². The third kappa shape index (κ3) is 2.24. The smallest absolute Gasteiger partial charge is 0.407 e. The zero-order chi connectivity index (χ0) is 11.5. The molecule has 1 unspecified atom stereocenters. The van der Waals surface area contributed by atoms with E-state index in [1.165, 1.54) is 0 Å². The molecule has 0 spiro atoms. The third-order valence-corrected chi connectivity index (χ3v) is 2.33. The van der Waals surface area contributed by atoms with Crippen LogP contribution in [0.3, 0.4) is 0 Å². The molecule has 16 heavy (non-hydrogen) atoms. The molecule has 0 bridgehead atoms. The number of cyclic esters (lactones) is 1. The Kier molecular flexibility index (Phi) is 2.94. The van der Waals surface area contributed by atoms with Crippen LogP contribution in [0.5, 0.6) is 5.75 Å². The first-order valence-electron chi connectivity index (χ1n) is 4.99. The van der Waals surface area contributed by atoms with E-state index in [2.05, 4.69) is 5.32 Å². The van der Waals surface area contributed by atoms with Crippen molar-refractivity contribution in [1.82, 2.24) is 5.32 Å². The summed E-state index contributed by atoms with van der Waals surface area (Å²) >= 11 is 0. The normalized spacial score (nSPS) is 19.1. The van der Waals surface area contributed by atoms with Crippen molar-refractivity contribution in [3.05, 3.63) is 29.6 Å². The molecule has 1 amide bonds. The molecule has 0 aliphatic carbocycles. The maximum absolute atomic E-state index is 13.5. The highest BCUT2D eigenvalue weighted by molar-refractivity contribution is 5.69. The van der Waals surface area contributed by atoms with Gasteiger partial charge in [-0.1, -0.05) is 12.1 Å². The van der Waals surface area contributed by atoms with Gasteiger partial charge < -0.3 is 14.8 Å². The lowest BCUT2D eigenvalue weighted by molar-refractivity contribution is 0.103. The Morgan fingerprint density at radius 1 is 1.62 bits per heavy atom. The number of carbonyl (C=O) groups is 1. The zero-order valence-electron chi connectivity index (χ0n) is 8.83. The van der Waals surface area contributed by atoms with Crippen LogP contribution >= 0.6 is 0 Å². The van der Waals surface area contributed by atoms with Gasteiger partial charge in [0.15, 0.2) is 17.7 Å². The second-order valence-electron chi connectivity index (χ2n) is 3.61. The van der Waals surface area contributed by atoms with Gasteiger partial charge in [-0.05, 0) is 18.6 Å². The maximum atomic E-state index is 13.5. The topological polar surface area (TPSA) is 47.6 Å². The van der Waals surface area contributed by atoms with E-state index in [0.29, 0.717) is 12.1 Å². The highest BCUT2D eigenvalue weighted by Crippen LogP contribution is 2.20. The molecule has 0 saturated carbocycles. The number of aryl methyl sites for hydroxylation is 1. The summed E-state index contributed by atoms with van der Waals surface area (Å²) in [4.78, 5) is 10.7. The van der Waals surface area contributed by atoms with Crippen LogP contribution in [-0.4, -0.2) is 25.3 Å². The lowest BCUT2D eigenvalue weighted by Crippen LogP contribution is -2.22. The average molecular weight is 225 g/mol. The van der Waals surface area contributed by atoms with E-state index in [1.807, 2.05) is 0 Å². The predicted octanol–water partition coefficient (Wildman–Crippen LogP) is 1.62. The fourth-order valence-corrected chi connectivity index (χ4v) is 1.44. The Morgan fingerprint density at radius 2 is 2.44 bits per heavy atom. The van der Waals surface area contributed by atoms with Gasteiger partial charge in [0.05, 0.1) is 6.54 Å². The molecular formula is C11H12FNO3. The van der Waals surface area contributed by atoms with Crippen molar-refractivity contribution in [2.45, 2.75) is 13.0 Å². The fraction of sp³-hybridized carbons (Fsp3) is 0.364. The third-order valence-electron chi connectivity index (χ3n) is 2.33. The summed E-state index contributed by atoms with van der Waals surface area (Å²) in [5.41, 5.74) is 0.527. The number of benzene rings is 1. The van der Waals surface area contributed by atoms with Crippen molar-refractivity contribution in [1.29, 1.82) is 0 Å². The van der Waals surface area contributed by atoms with Crippen LogP contribution in [-0.2, 0) is 4.74 Å². The average Bonchev–Trinajstić information content (AvgIpc) is 2.67. The Balaban J connectivity index is 1.94. The van der Waals surface area contributed by atoms with Gasteiger partial charge >= 0.3 is 6.09 Å². The van der Waals surface area contributed by atoms with Crippen molar-refractivity contribution in [2.24, 2.45) is 0 Å². The van der Waals surface area contributed by atoms with E-state index in [9.17, 15) is 9.18 Å². The van der Waals surface area contributed by atoms with Gasteiger partial charge in [0, 0.05) is 0 Å². The van der Waals surface area contributed by atoms with Crippen molar-refractivity contribution >= 4 is 6.09 Å². The number of carbonyl (C=O) groups excluding carboxylic acids is 1. The highest BCUT2D eigenvalue weighted by atomic mass is 19.1. The minimum absolute atomic E-state index is 0.152. The number of rotatable bonds is 3. The van der Waals surface area contributed by atoms with Crippen molar-refractivity contribution in [3.63, 3.8) is 0 Å². The number of hydrogen-bond acceptors (Lipinski definition) is 3. The number of ether oxygens (including phenoxy) is 2. The summed E-state index contributed by atoms with van der Waals surface area (Å²) in [6.45, 7) is 2.21. The van der Waals surface area contributed by atoms with E-state index in [1.54, 1.807) is 25.1 Å². The van der Waals surface area contributed by atoms with Crippen LogP contribution in [0.4, 0.5) is 9.18 Å². The number of halogens is 1. The molecule has 1 atom stereocenters. The summed E-state index contributed by atoms with van der Waals surface area (Å²) in [6.07, 6.45) is -0.814. The van der Waals surface area contributed by atoms with E-state index < -0.39 is 6.09 Å². The Bertz CT molecular complexity index is 408. The molecule has 5 heteroatoms. The first-order valence-corrected chi connectivity index (χ1v) is 4.99. The molecule has 1 heterocycles. The van der Waals surface area contributed by atoms with Crippen LogP contribution in [0.2, 0.25) is 0 Å². The summed E-state index contributed by atoms with van der Waals surface area (Å²) in [5.74, 6) is -0.192. The Labute approximate surface area is 92.4 Å². The first-order chi connectivity index (χ1) is 7.66. The number of alkyl carbamates (subject to hydrolysis) is 1. The predicted molar refractivity (Wildman–Crippen MR) is 54.9 cm³/mol. The van der Waals surface area contributed by atoms with Gasteiger partial charge in [-0.3, -0.25) is 0 Å². The summed E-state index contributed by atoms with van der Waals surface area (Å²) in [5, 5.41) is 2.50. The molecule has 4 nitrogen and oxygen atoms in total. The number of hydrogen-bond donors (Lipinski definition) is 1. The van der Waals surface area contributed by atoms with Crippen molar-refractivity contribution in [2.75, 3.05) is 13.2 Å².